The number of aryl methyl sites for hydroxylation is 1. The molecule has 1 aromatic carbocycles. The van der Waals surface area contributed by atoms with E-state index in [2.05, 4.69) is 4.98 Å². The van der Waals surface area contributed by atoms with E-state index < -0.39 is 21.7 Å². The number of sulfonamides is 1. The number of benzene rings is 1. The zero-order valence-corrected chi connectivity index (χ0v) is 13.8. The lowest BCUT2D eigenvalue weighted by atomic mass is 10.1. The van der Waals surface area contributed by atoms with Crippen molar-refractivity contribution in [2.75, 3.05) is 0 Å². The summed E-state index contributed by atoms with van der Waals surface area (Å²) in [4.78, 5) is 15.9. The molecule has 1 aromatic heterocycles. The summed E-state index contributed by atoms with van der Waals surface area (Å²) in [5, 5.41) is 11.6. The minimum absolute atomic E-state index is 0.263. The van der Waals surface area contributed by atoms with Crippen LogP contribution in [-0.2, 0) is 20.6 Å². The highest BCUT2D eigenvalue weighted by molar-refractivity contribution is 7.89. The van der Waals surface area contributed by atoms with Gasteiger partial charge in [-0.25, -0.2) is 18.1 Å². The number of carbonyl (C=O) groups is 1. The van der Waals surface area contributed by atoms with Crippen LogP contribution in [0.4, 0.5) is 0 Å². The third-order valence-corrected chi connectivity index (χ3v) is 4.78. The number of carbonyl (C=O) groups excluding carboxylic acids is 1. The predicted molar refractivity (Wildman–Crippen MR) is 87.8 cm³/mol. The van der Waals surface area contributed by atoms with Crippen molar-refractivity contribution in [2.45, 2.75) is 12.7 Å². The standard InChI is InChI=1S/C15H13N3O3S2/c1-11-17-14(9-22-11)6-7-15(19)18-23(20,21)10-13-5-3-2-4-12(13)8-16/h2-7,9H,10H2,1H3,(H,18,19). The highest BCUT2D eigenvalue weighted by Crippen LogP contribution is 2.11. The minimum atomic E-state index is -3.89. The summed E-state index contributed by atoms with van der Waals surface area (Å²) in [5.41, 5.74) is 1.20. The molecule has 0 radical (unpaired) electrons. The van der Waals surface area contributed by atoms with Crippen LogP contribution in [-0.4, -0.2) is 19.3 Å². The monoisotopic (exact) mass is 347 g/mol. The maximum Gasteiger partial charge on any atom is 0.257 e. The molecule has 0 saturated carbocycles. The van der Waals surface area contributed by atoms with Gasteiger partial charge in [0.15, 0.2) is 0 Å². The van der Waals surface area contributed by atoms with Crippen molar-refractivity contribution in [1.82, 2.24) is 9.71 Å². The van der Waals surface area contributed by atoms with E-state index in [0.717, 1.165) is 11.1 Å². The van der Waals surface area contributed by atoms with E-state index >= 15 is 0 Å². The maximum absolute atomic E-state index is 12.0. The average Bonchev–Trinajstić information content (AvgIpc) is 2.90. The Labute approximate surface area is 138 Å². The van der Waals surface area contributed by atoms with Crippen LogP contribution in [0.1, 0.15) is 21.8 Å². The van der Waals surface area contributed by atoms with Crippen LogP contribution in [0, 0.1) is 18.3 Å². The van der Waals surface area contributed by atoms with Crippen LogP contribution >= 0.6 is 11.3 Å². The first-order valence-corrected chi connectivity index (χ1v) is 9.05. The Balaban J connectivity index is 2.04. The number of amides is 1. The van der Waals surface area contributed by atoms with Crippen LogP contribution < -0.4 is 4.72 Å². The van der Waals surface area contributed by atoms with Gasteiger partial charge in [0.1, 0.15) is 0 Å². The van der Waals surface area contributed by atoms with Gasteiger partial charge >= 0.3 is 0 Å². The third kappa shape index (κ3) is 5.02. The van der Waals surface area contributed by atoms with Crippen molar-refractivity contribution in [3.8, 4) is 6.07 Å². The van der Waals surface area contributed by atoms with Crippen LogP contribution in [0.15, 0.2) is 35.7 Å². The molecule has 0 aliphatic heterocycles. The molecule has 2 aromatic rings. The van der Waals surface area contributed by atoms with E-state index in [4.69, 9.17) is 5.26 Å². The number of nitrogens with one attached hydrogen (secondary N) is 1. The largest absolute Gasteiger partial charge is 0.269 e. The first-order valence-electron chi connectivity index (χ1n) is 6.52. The summed E-state index contributed by atoms with van der Waals surface area (Å²) in [5.74, 6) is -1.20. The molecule has 1 heterocycles. The molecule has 0 unspecified atom stereocenters. The van der Waals surface area contributed by atoms with Gasteiger partial charge in [0.2, 0.25) is 10.0 Å². The van der Waals surface area contributed by atoms with Gasteiger partial charge < -0.3 is 0 Å². The van der Waals surface area contributed by atoms with Crippen LogP contribution in [0.3, 0.4) is 0 Å². The van der Waals surface area contributed by atoms with Crippen molar-refractivity contribution in [3.63, 3.8) is 0 Å². The number of nitriles is 1. The fourth-order valence-electron chi connectivity index (χ4n) is 1.80. The van der Waals surface area contributed by atoms with E-state index in [-0.39, 0.29) is 5.56 Å². The minimum Gasteiger partial charge on any atom is -0.269 e. The molecule has 118 valence electrons. The van der Waals surface area contributed by atoms with E-state index in [9.17, 15) is 13.2 Å². The topological polar surface area (TPSA) is 99.9 Å². The zero-order chi connectivity index (χ0) is 16.9. The van der Waals surface area contributed by atoms with Gasteiger partial charge in [-0.2, -0.15) is 5.26 Å². The summed E-state index contributed by atoms with van der Waals surface area (Å²) < 4.78 is 26.0. The second kappa shape index (κ2) is 7.17. The summed E-state index contributed by atoms with van der Waals surface area (Å²) in [7, 11) is -3.89. The van der Waals surface area contributed by atoms with Gasteiger partial charge in [-0.15, -0.1) is 11.3 Å². The molecule has 0 fully saturated rings. The number of thiazole rings is 1. The van der Waals surface area contributed by atoms with Crippen molar-refractivity contribution in [2.24, 2.45) is 0 Å². The second-order valence-electron chi connectivity index (χ2n) is 4.62. The Hall–Kier alpha value is -2.50. The molecule has 6 nitrogen and oxygen atoms in total. The van der Waals surface area contributed by atoms with E-state index in [1.807, 2.05) is 17.7 Å². The van der Waals surface area contributed by atoms with Crippen LogP contribution in [0.25, 0.3) is 6.08 Å². The lowest BCUT2D eigenvalue weighted by molar-refractivity contribution is -0.114. The fourth-order valence-corrected chi connectivity index (χ4v) is 3.49. The molecule has 1 N–H and O–H groups in total. The Morgan fingerprint density at radius 3 is 2.83 bits per heavy atom. The third-order valence-electron chi connectivity index (χ3n) is 2.78. The second-order valence-corrected chi connectivity index (χ2v) is 7.40. The number of hydrogen-bond acceptors (Lipinski definition) is 6. The molecule has 0 saturated heterocycles. The van der Waals surface area contributed by atoms with Gasteiger partial charge in [-0.05, 0) is 24.6 Å². The van der Waals surface area contributed by atoms with Crippen molar-refractivity contribution < 1.29 is 13.2 Å². The van der Waals surface area contributed by atoms with Gasteiger partial charge in [-0.1, -0.05) is 18.2 Å². The van der Waals surface area contributed by atoms with E-state index in [0.29, 0.717) is 11.3 Å². The number of hydrogen-bond donors (Lipinski definition) is 1. The van der Waals surface area contributed by atoms with Gasteiger partial charge in [0.05, 0.1) is 28.1 Å². The van der Waals surface area contributed by atoms with Crippen LogP contribution in [0.5, 0.6) is 0 Å². The van der Waals surface area contributed by atoms with Crippen molar-refractivity contribution in [1.29, 1.82) is 5.26 Å². The SMILES string of the molecule is Cc1nc(C=CC(=O)NS(=O)(=O)Cc2ccccc2C#N)cs1. The zero-order valence-electron chi connectivity index (χ0n) is 12.2. The smallest absolute Gasteiger partial charge is 0.257 e. The molecule has 0 spiro atoms. The van der Waals surface area contributed by atoms with E-state index in [1.54, 1.807) is 17.5 Å². The molecule has 0 bridgehead atoms. The quantitative estimate of drug-likeness (QED) is 0.834. The lowest BCUT2D eigenvalue weighted by Crippen LogP contribution is -2.30. The maximum atomic E-state index is 12.0. The Morgan fingerprint density at radius 1 is 1.43 bits per heavy atom. The molecule has 8 heteroatoms. The summed E-state index contributed by atoms with van der Waals surface area (Å²) in [6.07, 6.45) is 2.56. The molecule has 23 heavy (non-hydrogen) atoms. The first kappa shape index (κ1) is 16.9. The highest BCUT2D eigenvalue weighted by Gasteiger charge is 2.16. The number of aromatic nitrogens is 1. The number of rotatable bonds is 5. The van der Waals surface area contributed by atoms with Gasteiger partial charge in [-0.3, -0.25) is 4.79 Å². The summed E-state index contributed by atoms with van der Waals surface area (Å²) in [6, 6.07) is 8.27. The summed E-state index contributed by atoms with van der Waals surface area (Å²) in [6.45, 7) is 1.83. The molecule has 0 aliphatic carbocycles. The summed E-state index contributed by atoms with van der Waals surface area (Å²) >= 11 is 1.43. The van der Waals surface area contributed by atoms with Gasteiger partial charge in [0, 0.05) is 11.5 Å². The predicted octanol–water partition coefficient (Wildman–Crippen LogP) is 1.98. The normalized spacial score (nSPS) is 11.3. The fraction of sp³-hybridized carbons (Fsp3) is 0.133. The van der Waals surface area contributed by atoms with Gasteiger partial charge in [0.25, 0.3) is 5.91 Å². The van der Waals surface area contributed by atoms with Crippen molar-refractivity contribution >= 4 is 33.3 Å². The average molecular weight is 347 g/mol. The van der Waals surface area contributed by atoms with Crippen LogP contribution in [0.2, 0.25) is 0 Å². The molecule has 0 atom stereocenters. The number of nitrogens with zero attached hydrogens (tertiary/aromatic N) is 2. The molecular weight excluding hydrogens is 334 g/mol. The Bertz CT molecular complexity index is 893. The molecular formula is C15H13N3O3S2. The molecule has 2 rings (SSSR count). The first-order chi connectivity index (χ1) is 10.9. The Morgan fingerprint density at radius 2 is 2.17 bits per heavy atom. The molecule has 1 amide bonds. The lowest BCUT2D eigenvalue weighted by Gasteiger charge is -2.06. The Kier molecular flexibility index (Phi) is 5.26. The van der Waals surface area contributed by atoms with Crippen molar-refractivity contribution in [3.05, 3.63) is 57.6 Å². The van der Waals surface area contributed by atoms with E-state index in [1.165, 1.54) is 29.5 Å². The molecule has 0 aliphatic rings. The highest BCUT2D eigenvalue weighted by atomic mass is 32.2.